The Hall–Kier alpha value is -7.81. The van der Waals surface area contributed by atoms with Crippen molar-refractivity contribution in [3.8, 4) is 0 Å². The molecule has 4 atom stereocenters. The summed E-state index contributed by atoms with van der Waals surface area (Å²) in [4.78, 5) is 101. The highest BCUT2D eigenvalue weighted by Crippen LogP contribution is 2.34. The van der Waals surface area contributed by atoms with Gasteiger partial charge in [-0.25, -0.2) is 5.84 Å². The van der Waals surface area contributed by atoms with Crippen molar-refractivity contribution in [2.24, 2.45) is 11.6 Å². The molecule has 121 heavy (non-hydrogen) atoms. The predicted octanol–water partition coefficient (Wildman–Crippen LogP) is 18.1. The number of carbonyl (C=O) groups excluding carboxylic acids is 7. The van der Waals surface area contributed by atoms with Crippen molar-refractivity contribution in [2.75, 3.05) is 62.1 Å². The number of hydrogen-bond acceptors (Lipinski definition) is 16. The van der Waals surface area contributed by atoms with Gasteiger partial charge in [0, 0.05) is 102 Å². The molecule has 0 spiro atoms. The number of ketones is 5. The summed E-state index contributed by atoms with van der Waals surface area (Å²) in [6.07, 6.45) is 6.37. The molecule has 10 rings (SSSR count). The molecule has 4 unspecified atom stereocenters. The van der Waals surface area contributed by atoms with Gasteiger partial charge in [0.1, 0.15) is 16.2 Å². The summed E-state index contributed by atoms with van der Waals surface area (Å²) in [5.74, 6) is 3.08. The maximum Gasteiger partial charge on any atom is 0.268 e. The highest BCUT2D eigenvalue weighted by molar-refractivity contribution is 9.09. The SMILES string of the molecule is C.C.C.CN(C)Cc1ccc(C(Br)C(=O)c2c[nH]c(C(=O)NC(CO)c3ccccc3)c2)cc1Cl.CN(C)Cc1ccc(CC(=O)c2c[nH]c(C(=O)NC(CO)c3ccccc3)c2)cc1Cl.CNC(=S)N(N)C(C)(C)C.CNCc1ccc(CC(=O)c2c[nH]c(C(=O)C(Cl)(Cl)Cl)c2)cc1Cl.NC(CO)c1ccccc1.O=C(c1ccc[nH]1)C(Cl)(Cl)Cl. The summed E-state index contributed by atoms with van der Waals surface area (Å²) < 4.78 is -3.94. The van der Waals surface area contributed by atoms with Crippen LogP contribution in [0.15, 0.2) is 201 Å². The number of nitrogens with zero attached hydrogens (tertiary/aromatic N) is 3. The minimum atomic E-state index is -2.07. The van der Waals surface area contributed by atoms with Crippen LogP contribution in [0.4, 0.5) is 0 Å². The third-order valence-corrected chi connectivity index (χ3v) is 20.4. The molecule has 0 saturated heterocycles. The number of nitrogens with two attached hydrogens (primary N) is 2. The number of amides is 2. The number of H-pyrrole nitrogens is 4. The van der Waals surface area contributed by atoms with Crippen LogP contribution in [0.25, 0.3) is 0 Å². The van der Waals surface area contributed by atoms with Gasteiger partial charge in [-0.3, -0.25) is 38.6 Å². The predicted molar refractivity (Wildman–Crippen MR) is 502 cm³/mol. The van der Waals surface area contributed by atoms with Crippen molar-refractivity contribution in [1.82, 2.24) is 56.0 Å². The van der Waals surface area contributed by atoms with Gasteiger partial charge in [-0.2, -0.15) is 0 Å². The number of benzene rings is 6. The summed E-state index contributed by atoms with van der Waals surface area (Å²) in [6, 6.07) is 50.9. The molecule has 34 heteroatoms. The van der Waals surface area contributed by atoms with Gasteiger partial charge >= 0.3 is 0 Å². The first kappa shape index (κ1) is 109. The van der Waals surface area contributed by atoms with Gasteiger partial charge in [0.15, 0.2) is 22.5 Å². The van der Waals surface area contributed by atoms with E-state index in [2.05, 4.69) is 57.1 Å². The normalized spacial score (nSPS) is 11.9. The zero-order valence-electron chi connectivity index (χ0n) is 65.9. The molecule has 0 aliphatic rings. The van der Waals surface area contributed by atoms with E-state index in [0.717, 1.165) is 56.6 Å². The van der Waals surface area contributed by atoms with E-state index in [9.17, 15) is 43.8 Å². The molecule has 15 N–H and O–H groups in total. The molecule has 0 radical (unpaired) electrons. The molecule has 0 saturated carbocycles. The Morgan fingerprint density at radius 2 is 0.876 bits per heavy atom. The van der Waals surface area contributed by atoms with E-state index in [1.165, 1.54) is 41.8 Å². The molecule has 6 aromatic carbocycles. The maximum atomic E-state index is 13.0. The van der Waals surface area contributed by atoms with E-state index in [1.807, 2.05) is 199 Å². The second-order valence-electron chi connectivity index (χ2n) is 27.8. The summed E-state index contributed by atoms with van der Waals surface area (Å²) in [7, 11) is 11.4. The highest BCUT2D eigenvalue weighted by atomic mass is 79.9. The van der Waals surface area contributed by atoms with Crippen molar-refractivity contribution < 1.29 is 48.9 Å². The van der Waals surface area contributed by atoms with Gasteiger partial charge in [0.2, 0.25) is 11.6 Å². The van der Waals surface area contributed by atoms with E-state index in [-0.39, 0.29) is 101 Å². The van der Waals surface area contributed by atoms with Crippen LogP contribution in [0.3, 0.4) is 0 Å². The van der Waals surface area contributed by atoms with Crippen molar-refractivity contribution >= 4 is 178 Å². The minimum absolute atomic E-state index is 0. The Labute approximate surface area is 767 Å². The number of aliphatic hydroxyl groups is 3. The lowest BCUT2D eigenvalue weighted by atomic mass is 10.0. The quantitative estimate of drug-likeness (QED) is 0.00748. The number of nitrogens with one attached hydrogen (secondary N) is 8. The molecule has 4 aromatic heterocycles. The fourth-order valence-corrected chi connectivity index (χ4v) is 12.8. The van der Waals surface area contributed by atoms with Gasteiger partial charge in [0.05, 0.1) is 49.3 Å². The number of halogens is 10. The van der Waals surface area contributed by atoms with E-state index < -0.39 is 47.9 Å². The van der Waals surface area contributed by atoms with Crippen LogP contribution in [-0.2, 0) is 32.5 Å². The standard InChI is InChI=1S/C24H25BrClN3O3.C24H26ClN3O3.C16H14Cl4N2O2.C8H11NO.C6H4Cl3NO.C6H15N3S.3CH4/c1-29(2)13-17-9-8-16(10-19(17)26)22(25)23(31)18-11-20(27-12-18)24(32)28-21(14-30)15-6-4-3-5-7-15;1-28(2)14-18-9-8-16(10-20(18)25)11-23(30)19-12-21(26-13-19)24(31)27-22(15-29)17-6-4-3-5-7-17;1-21-7-10-3-2-9(4-12(10)17)5-14(23)11-6-13(22-8-11)15(24)16(18,19)20;9-8(6-10)7-4-2-1-3-5-7;7-6(8,9)5(11)4-2-1-3-10-4;1-6(2,3)9(7)5(10)8-4;;;/h3-12,21-22,27,30H,13-14H2,1-2H3,(H,28,32);3-10,12-13,22,26,29H,11,14-15H2,1-2H3,(H,27,31);2-4,6,8,21-22H,5,7H2,1H3;1-5,8,10H,6,9H2;1-3,10H;7H2,1-4H3,(H,8,10);3*1H4. The monoisotopic (exact) mass is 1920 g/mol. The largest absolute Gasteiger partial charge is 0.394 e. The van der Waals surface area contributed by atoms with Crippen molar-refractivity contribution in [3.63, 3.8) is 0 Å². The zero-order chi connectivity index (χ0) is 87.8. The van der Waals surface area contributed by atoms with E-state index >= 15 is 0 Å². The number of rotatable bonds is 27. The number of thiocarbonyl (C=S) groups is 1. The van der Waals surface area contributed by atoms with Crippen molar-refractivity contribution in [2.45, 2.75) is 112 Å². The smallest absolute Gasteiger partial charge is 0.268 e. The van der Waals surface area contributed by atoms with Gasteiger partial charge in [0.25, 0.3) is 19.4 Å². The highest BCUT2D eigenvalue weighted by Gasteiger charge is 2.34. The lowest BCUT2D eigenvalue weighted by Crippen LogP contribution is -2.53. The van der Waals surface area contributed by atoms with Gasteiger partial charge in [-0.05, 0) is 167 Å². The van der Waals surface area contributed by atoms with Crippen molar-refractivity contribution in [3.05, 3.63) is 305 Å². The summed E-state index contributed by atoms with van der Waals surface area (Å²) in [5.41, 5.74) is 15.2. The Kier molecular flexibility index (Phi) is 48.2. The lowest BCUT2D eigenvalue weighted by molar-refractivity contribution is 0.0904. The molecule has 0 fully saturated rings. The van der Waals surface area contributed by atoms with Gasteiger partial charge < -0.3 is 72.1 Å². The lowest BCUT2D eigenvalue weighted by Gasteiger charge is -2.32. The van der Waals surface area contributed by atoms with Crippen LogP contribution < -0.4 is 32.8 Å². The average molecular weight is 1930 g/mol. The molecule has 0 aliphatic carbocycles. The number of aromatic amines is 4. The van der Waals surface area contributed by atoms with E-state index in [0.29, 0.717) is 55.7 Å². The van der Waals surface area contributed by atoms with Crippen LogP contribution in [0.1, 0.15) is 189 Å². The Balaban J connectivity index is 0.000000520. The number of hydrazine groups is 1. The molecular weight excluding hydrogens is 1820 g/mol. The number of hydrogen-bond donors (Lipinski definition) is 13. The number of Topliss-reactive ketones (excluding diaryl/α,β-unsaturated/α-hetero) is 5. The number of alkyl halides is 7. The summed E-state index contributed by atoms with van der Waals surface area (Å²) in [5, 5.41) is 43.2. The van der Waals surface area contributed by atoms with Gasteiger partial charge in [-0.15, -0.1) is 0 Å². The summed E-state index contributed by atoms with van der Waals surface area (Å²) in [6.45, 7) is 7.60. The zero-order valence-corrected chi connectivity index (χ0v) is 75.1. The van der Waals surface area contributed by atoms with E-state index in [1.54, 1.807) is 37.5 Å². The van der Waals surface area contributed by atoms with Gasteiger partial charge in [-0.1, -0.05) is 270 Å². The molecule has 656 valence electrons. The van der Waals surface area contributed by atoms with Crippen LogP contribution in [-0.4, -0.2) is 171 Å². The summed E-state index contributed by atoms with van der Waals surface area (Å²) >= 11 is 60.0. The second-order valence-corrected chi connectivity index (χ2v) is 34.9. The maximum absolute atomic E-state index is 13.0. The molecule has 23 nitrogen and oxygen atoms in total. The number of carbonyl (C=O) groups is 7. The topological polar surface area (TPSA) is 353 Å². The molecule has 10 aromatic rings. The first-order chi connectivity index (χ1) is 55.6. The van der Waals surface area contributed by atoms with Crippen LogP contribution in [0, 0.1) is 0 Å². The fourth-order valence-electron chi connectivity index (χ4n) is 10.6. The molecular formula is C87H107BrCl9N13O10S. The number of aromatic nitrogens is 4. The first-order valence-electron chi connectivity index (χ1n) is 36.2. The third-order valence-electron chi connectivity index (χ3n) is 16.9. The van der Waals surface area contributed by atoms with Crippen LogP contribution in [0.5, 0.6) is 0 Å². The minimum Gasteiger partial charge on any atom is -0.394 e. The average Bonchev–Trinajstić information content (AvgIpc) is 1.68. The Bertz CT molecular complexity index is 4890. The molecule has 0 bridgehead atoms. The Morgan fingerprint density at radius 3 is 1.24 bits per heavy atom. The molecule has 0 aliphatic heterocycles. The first-order valence-corrected chi connectivity index (χ1v) is 40.9. The molecule has 2 amide bonds. The molecule has 4 heterocycles. The van der Waals surface area contributed by atoms with E-state index in [4.69, 9.17) is 133 Å². The van der Waals surface area contributed by atoms with Crippen molar-refractivity contribution in [1.29, 1.82) is 0 Å². The fraction of sp³-hybridized carbons (Fsp3) is 0.310. The second kappa shape index (κ2) is 53.4. The third kappa shape index (κ3) is 36.1. The van der Waals surface area contributed by atoms with Crippen LogP contribution in [0.2, 0.25) is 15.1 Å². The number of aliphatic hydroxyl groups excluding tert-OH is 3. The Morgan fingerprint density at radius 1 is 0.488 bits per heavy atom. The van der Waals surface area contributed by atoms with Crippen LogP contribution >= 0.6 is 133 Å².